The van der Waals surface area contributed by atoms with Crippen molar-refractivity contribution in [2.75, 3.05) is 13.2 Å². The van der Waals surface area contributed by atoms with E-state index in [0.29, 0.717) is 31.1 Å². The number of hydrogen-bond acceptors (Lipinski definition) is 4. The van der Waals surface area contributed by atoms with Crippen molar-refractivity contribution in [3.8, 4) is 11.5 Å². The van der Waals surface area contributed by atoms with Gasteiger partial charge in [0.2, 0.25) is 0 Å². The Morgan fingerprint density at radius 2 is 1.79 bits per heavy atom. The molecule has 0 bridgehead atoms. The molecule has 0 aliphatic rings. The van der Waals surface area contributed by atoms with Crippen LogP contribution in [-0.2, 0) is 6.61 Å². The summed E-state index contributed by atoms with van der Waals surface area (Å²) < 4.78 is 11.6. The van der Waals surface area contributed by atoms with Gasteiger partial charge >= 0.3 is 0 Å². The molecule has 5 heteroatoms. The first-order valence-electron chi connectivity index (χ1n) is 8.04. The fraction of sp³-hybridized carbons (Fsp3) is 0.368. The molecule has 2 aromatic rings. The van der Waals surface area contributed by atoms with E-state index in [-0.39, 0.29) is 25.1 Å². The number of rotatable bonds is 9. The van der Waals surface area contributed by atoms with Crippen molar-refractivity contribution in [3.63, 3.8) is 0 Å². The second-order valence-electron chi connectivity index (χ2n) is 5.39. The van der Waals surface area contributed by atoms with Crippen LogP contribution in [0.25, 0.3) is 0 Å². The van der Waals surface area contributed by atoms with Crippen molar-refractivity contribution in [1.82, 2.24) is 0 Å². The summed E-state index contributed by atoms with van der Waals surface area (Å²) in [6, 6.07) is 15.7. The van der Waals surface area contributed by atoms with E-state index < -0.39 is 0 Å². The van der Waals surface area contributed by atoms with E-state index in [1.54, 1.807) is 0 Å². The number of aliphatic hydroxyl groups excluding tert-OH is 1. The molecule has 2 rings (SSSR count). The zero-order chi connectivity index (χ0) is 16.5. The number of aliphatic hydroxyl groups is 1. The molecule has 0 saturated heterocycles. The van der Waals surface area contributed by atoms with Gasteiger partial charge in [0.25, 0.3) is 0 Å². The van der Waals surface area contributed by atoms with Crippen molar-refractivity contribution < 1.29 is 14.6 Å². The third kappa shape index (κ3) is 6.04. The molecule has 0 amide bonds. The van der Waals surface area contributed by atoms with Gasteiger partial charge in [0.15, 0.2) is 11.5 Å². The third-order valence-electron chi connectivity index (χ3n) is 3.61. The predicted molar refractivity (Wildman–Crippen MR) is 98.9 cm³/mol. The molecule has 0 aromatic heterocycles. The summed E-state index contributed by atoms with van der Waals surface area (Å²) in [4.78, 5) is 0. The van der Waals surface area contributed by atoms with Crippen molar-refractivity contribution in [2.24, 2.45) is 5.73 Å². The lowest BCUT2D eigenvalue weighted by Gasteiger charge is -2.16. The number of ether oxygens (including phenoxy) is 2. The van der Waals surface area contributed by atoms with Crippen molar-refractivity contribution in [3.05, 3.63) is 59.7 Å². The highest BCUT2D eigenvalue weighted by Gasteiger charge is 2.11. The summed E-state index contributed by atoms with van der Waals surface area (Å²) in [6.45, 7) is 3.16. The zero-order valence-electron chi connectivity index (χ0n) is 14.0. The molecular weight excluding hydrogens is 326 g/mol. The fourth-order valence-corrected chi connectivity index (χ4v) is 2.36. The van der Waals surface area contributed by atoms with Gasteiger partial charge in [-0.2, -0.15) is 0 Å². The topological polar surface area (TPSA) is 64.7 Å². The molecule has 0 aliphatic carbocycles. The minimum Gasteiger partial charge on any atom is -0.490 e. The van der Waals surface area contributed by atoms with Gasteiger partial charge in [0.05, 0.1) is 6.61 Å². The lowest BCUT2D eigenvalue weighted by Crippen LogP contribution is -2.11. The minimum atomic E-state index is -0.107. The first-order valence-corrected chi connectivity index (χ1v) is 8.04. The second-order valence-corrected chi connectivity index (χ2v) is 5.39. The van der Waals surface area contributed by atoms with Crippen LogP contribution < -0.4 is 15.2 Å². The molecule has 2 aromatic carbocycles. The van der Waals surface area contributed by atoms with Gasteiger partial charge in [-0.05, 0) is 43.0 Å². The average molecular weight is 352 g/mol. The van der Waals surface area contributed by atoms with E-state index in [0.717, 1.165) is 17.5 Å². The summed E-state index contributed by atoms with van der Waals surface area (Å²) in [5.74, 6) is 1.43. The Balaban J connectivity index is 0.00000288. The van der Waals surface area contributed by atoms with Crippen LogP contribution in [0.1, 0.15) is 36.9 Å². The van der Waals surface area contributed by atoms with Crippen molar-refractivity contribution in [2.45, 2.75) is 32.4 Å². The van der Waals surface area contributed by atoms with Crippen LogP contribution in [0.3, 0.4) is 0 Å². The van der Waals surface area contributed by atoms with E-state index >= 15 is 0 Å². The van der Waals surface area contributed by atoms with Crippen molar-refractivity contribution >= 4 is 12.4 Å². The van der Waals surface area contributed by atoms with Crippen LogP contribution in [0.4, 0.5) is 0 Å². The smallest absolute Gasteiger partial charge is 0.161 e. The highest BCUT2D eigenvalue weighted by Crippen LogP contribution is 2.31. The van der Waals surface area contributed by atoms with Gasteiger partial charge in [0.1, 0.15) is 6.61 Å². The Bertz CT molecular complexity index is 592. The predicted octanol–water partition coefficient (Wildman–Crippen LogP) is 3.86. The molecule has 3 N–H and O–H groups in total. The molecule has 1 atom stereocenters. The molecule has 0 spiro atoms. The van der Waals surface area contributed by atoms with Gasteiger partial charge < -0.3 is 20.3 Å². The number of benzene rings is 2. The highest BCUT2D eigenvalue weighted by atomic mass is 35.5. The zero-order valence-corrected chi connectivity index (χ0v) is 14.8. The maximum absolute atomic E-state index is 8.92. The Kier molecular flexibility index (Phi) is 9.23. The summed E-state index contributed by atoms with van der Waals surface area (Å²) in [5.41, 5.74) is 8.26. The van der Waals surface area contributed by atoms with E-state index in [4.69, 9.17) is 20.3 Å². The van der Waals surface area contributed by atoms with Gasteiger partial charge in [-0.25, -0.2) is 0 Å². The molecule has 0 unspecified atom stereocenters. The Morgan fingerprint density at radius 1 is 1.04 bits per heavy atom. The maximum atomic E-state index is 8.92. The highest BCUT2D eigenvalue weighted by molar-refractivity contribution is 5.85. The minimum absolute atomic E-state index is 0. The number of halogens is 1. The molecule has 0 radical (unpaired) electrons. The van der Waals surface area contributed by atoms with Crippen LogP contribution in [0.5, 0.6) is 11.5 Å². The summed E-state index contributed by atoms with van der Waals surface area (Å²) in [5, 5.41) is 8.92. The van der Waals surface area contributed by atoms with E-state index in [1.165, 1.54) is 0 Å². The van der Waals surface area contributed by atoms with Gasteiger partial charge in [-0.3, -0.25) is 0 Å². The second kappa shape index (κ2) is 10.9. The Labute approximate surface area is 150 Å². The van der Waals surface area contributed by atoms with Gasteiger partial charge in [-0.15, -0.1) is 12.4 Å². The molecule has 0 saturated carbocycles. The van der Waals surface area contributed by atoms with Crippen LogP contribution in [0.15, 0.2) is 48.5 Å². The number of hydrogen-bond donors (Lipinski definition) is 2. The average Bonchev–Trinajstić information content (AvgIpc) is 2.59. The normalized spacial score (nSPS) is 11.5. The quantitative estimate of drug-likeness (QED) is 0.720. The van der Waals surface area contributed by atoms with Gasteiger partial charge in [-0.1, -0.05) is 36.4 Å². The van der Waals surface area contributed by atoms with Crippen LogP contribution in [-0.4, -0.2) is 18.3 Å². The van der Waals surface area contributed by atoms with Crippen molar-refractivity contribution in [1.29, 1.82) is 0 Å². The standard InChI is InChI=1S/C19H25NO3.ClH/c1-2-22-19-13-16(17(20)9-6-12-21)10-11-18(19)23-14-15-7-4-3-5-8-15;/h3-5,7-8,10-11,13,17,21H,2,6,9,12,14,20H2,1H3;1H/t17-;/m0./s1. The van der Waals surface area contributed by atoms with Crippen LogP contribution in [0, 0.1) is 0 Å². The van der Waals surface area contributed by atoms with Crippen LogP contribution in [0.2, 0.25) is 0 Å². The molecule has 4 nitrogen and oxygen atoms in total. The Morgan fingerprint density at radius 3 is 2.46 bits per heavy atom. The summed E-state index contributed by atoms with van der Waals surface area (Å²) in [6.07, 6.45) is 1.43. The first-order chi connectivity index (χ1) is 11.2. The molecule has 24 heavy (non-hydrogen) atoms. The first kappa shape index (κ1) is 20.3. The lowest BCUT2D eigenvalue weighted by atomic mass is 10.0. The summed E-state index contributed by atoms with van der Waals surface area (Å²) in [7, 11) is 0. The largest absolute Gasteiger partial charge is 0.490 e. The van der Waals surface area contributed by atoms with Crippen LogP contribution >= 0.6 is 12.4 Å². The molecule has 132 valence electrons. The molecular formula is C19H26ClNO3. The van der Waals surface area contributed by atoms with E-state index in [9.17, 15) is 0 Å². The van der Waals surface area contributed by atoms with Gasteiger partial charge in [0, 0.05) is 12.6 Å². The summed E-state index contributed by atoms with van der Waals surface area (Å²) >= 11 is 0. The SMILES string of the molecule is CCOc1cc([C@@H](N)CCCO)ccc1OCc1ccccc1.Cl. The molecule has 0 fully saturated rings. The van der Waals surface area contributed by atoms with E-state index in [2.05, 4.69) is 0 Å². The fourth-order valence-electron chi connectivity index (χ4n) is 2.36. The third-order valence-corrected chi connectivity index (χ3v) is 3.61. The number of nitrogens with two attached hydrogens (primary N) is 1. The lowest BCUT2D eigenvalue weighted by molar-refractivity contribution is 0.268. The molecule has 0 heterocycles. The maximum Gasteiger partial charge on any atom is 0.161 e. The molecule has 0 aliphatic heterocycles. The monoisotopic (exact) mass is 351 g/mol. The Hall–Kier alpha value is -1.75. The van der Waals surface area contributed by atoms with E-state index in [1.807, 2.05) is 55.5 Å².